The van der Waals surface area contributed by atoms with Crippen LogP contribution in [-0.2, 0) is 0 Å². The van der Waals surface area contributed by atoms with Gasteiger partial charge in [-0.2, -0.15) is 0 Å². The molecule has 1 aromatic heterocycles. The predicted octanol–water partition coefficient (Wildman–Crippen LogP) is 4.95. The number of halogens is 2. The third-order valence-corrected chi connectivity index (χ3v) is 7.05. The maximum absolute atomic E-state index is 15.1. The summed E-state index contributed by atoms with van der Waals surface area (Å²) < 4.78 is 38.1. The molecule has 2 aliphatic heterocycles. The van der Waals surface area contributed by atoms with Gasteiger partial charge in [0.1, 0.15) is 36.1 Å². The summed E-state index contributed by atoms with van der Waals surface area (Å²) in [6.45, 7) is 12.8. The fourth-order valence-electron chi connectivity index (χ4n) is 5.35. The molecule has 1 saturated heterocycles. The van der Waals surface area contributed by atoms with Crippen molar-refractivity contribution in [2.45, 2.75) is 32.9 Å². The van der Waals surface area contributed by atoms with E-state index in [-0.39, 0.29) is 23.9 Å². The molecule has 200 valence electrons. The van der Waals surface area contributed by atoms with Gasteiger partial charge in [0, 0.05) is 43.0 Å². The fourth-order valence-corrected chi connectivity index (χ4v) is 5.35. The van der Waals surface area contributed by atoms with Crippen molar-refractivity contribution in [3.05, 3.63) is 59.6 Å². The van der Waals surface area contributed by atoms with Crippen molar-refractivity contribution in [3.8, 4) is 5.75 Å². The van der Waals surface area contributed by atoms with Crippen LogP contribution in [0.25, 0.3) is 11.0 Å². The molecule has 1 atom stereocenters. The van der Waals surface area contributed by atoms with Gasteiger partial charge in [0.05, 0.1) is 23.4 Å². The van der Waals surface area contributed by atoms with Gasteiger partial charge >= 0.3 is 0 Å². The third-order valence-electron chi connectivity index (χ3n) is 7.05. The highest BCUT2D eigenvalue weighted by Gasteiger charge is 2.31. The zero-order valence-corrected chi connectivity index (χ0v) is 22.2. The molecule has 3 heterocycles. The number of rotatable bonds is 7. The van der Waals surface area contributed by atoms with E-state index in [1.165, 1.54) is 6.07 Å². The highest BCUT2D eigenvalue weighted by molar-refractivity contribution is 6.12. The summed E-state index contributed by atoms with van der Waals surface area (Å²) in [7, 11) is 2.13. The summed E-state index contributed by atoms with van der Waals surface area (Å²) in [5.74, 6) is 0.260. The zero-order chi connectivity index (χ0) is 27.0. The van der Waals surface area contributed by atoms with Gasteiger partial charge in [0.25, 0.3) is 0 Å². The average molecular weight is 522 g/mol. The van der Waals surface area contributed by atoms with E-state index >= 15 is 8.78 Å². The van der Waals surface area contributed by atoms with Gasteiger partial charge in [-0.15, -0.1) is 0 Å². The molecule has 2 aromatic carbocycles. The second-order valence-corrected chi connectivity index (χ2v) is 10.1. The van der Waals surface area contributed by atoms with Gasteiger partial charge in [0.15, 0.2) is 11.6 Å². The first-order valence-electron chi connectivity index (χ1n) is 12.8. The molecule has 1 fully saturated rings. The maximum Gasteiger partial charge on any atom is 0.167 e. The number of imidazole rings is 1. The van der Waals surface area contributed by atoms with Crippen LogP contribution >= 0.6 is 0 Å². The van der Waals surface area contributed by atoms with E-state index in [4.69, 9.17) is 4.74 Å². The zero-order valence-electron chi connectivity index (χ0n) is 22.2. The van der Waals surface area contributed by atoms with E-state index in [1.54, 1.807) is 6.07 Å². The van der Waals surface area contributed by atoms with Crippen LogP contribution in [0.15, 0.2) is 52.3 Å². The van der Waals surface area contributed by atoms with E-state index in [2.05, 4.69) is 43.9 Å². The summed E-state index contributed by atoms with van der Waals surface area (Å²) in [6, 6.07) is 9.31. The number of nitrogens with one attached hydrogen (secondary N) is 1. The number of aliphatic imine (C=N–C) groups is 2. The van der Waals surface area contributed by atoms with Crippen molar-refractivity contribution in [1.29, 1.82) is 0 Å². The van der Waals surface area contributed by atoms with E-state index in [0.717, 1.165) is 43.0 Å². The number of ether oxygens (including phenoxy) is 1. The molecule has 3 aromatic rings. The second-order valence-electron chi connectivity index (χ2n) is 10.1. The van der Waals surface area contributed by atoms with Crippen LogP contribution < -0.4 is 15.0 Å². The Morgan fingerprint density at radius 1 is 1.29 bits per heavy atom. The molecule has 8 nitrogen and oxygen atoms in total. The van der Waals surface area contributed by atoms with Crippen molar-refractivity contribution < 1.29 is 13.5 Å². The Kier molecular flexibility index (Phi) is 7.16. The molecule has 1 N–H and O–H groups in total. The number of benzene rings is 2. The SMILES string of the molecule is C=N/C=C(/F)C(=NCNc1ccc2c(c1)OCC1CN(C)CCN21)c1cc(F)c2nc(C)n(C(C)C)c2c1. The number of aryl methyl sites for hydroxylation is 1. The van der Waals surface area contributed by atoms with Crippen molar-refractivity contribution in [2.24, 2.45) is 9.98 Å². The van der Waals surface area contributed by atoms with Crippen LogP contribution in [0.2, 0.25) is 0 Å². The van der Waals surface area contributed by atoms with Crippen LogP contribution in [0.5, 0.6) is 5.75 Å². The first-order chi connectivity index (χ1) is 18.3. The monoisotopic (exact) mass is 521 g/mol. The van der Waals surface area contributed by atoms with E-state index in [0.29, 0.717) is 29.6 Å². The number of nitrogens with zero attached hydrogens (tertiary/aromatic N) is 6. The normalized spacial score (nSPS) is 18.4. The molecule has 10 heteroatoms. The third kappa shape index (κ3) is 4.88. The summed E-state index contributed by atoms with van der Waals surface area (Å²) in [5, 5.41) is 3.21. The quantitative estimate of drug-likeness (QED) is 0.446. The molecule has 0 aliphatic carbocycles. The second kappa shape index (κ2) is 10.5. The topological polar surface area (TPSA) is 70.3 Å². The summed E-state index contributed by atoms with van der Waals surface area (Å²) in [5.41, 5.74) is 2.99. The Balaban J connectivity index is 1.41. The minimum Gasteiger partial charge on any atom is -0.489 e. The molecule has 38 heavy (non-hydrogen) atoms. The first-order valence-corrected chi connectivity index (χ1v) is 12.8. The van der Waals surface area contributed by atoms with Crippen LogP contribution in [0.4, 0.5) is 20.2 Å². The lowest BCUT2D eigenvalue weighted by Crippen LogP contribution is -2.56. The lowest BCUT2D eigenvalue weighted by atomic mass is 10.1. The Bertz CT molecular complexity index is 1430. The molecular weight excluding hydrogens is 488 g/mol. The number of hydrogen-bond donors (Lipinski definition) is 1. The maximum atomic E-state index is 15.1. The standard InChI is InChI=1S/C28H33F2N7O/c1-17(2)37-18(3)34-28-22(29)10-19(11-25(28)37)27(23(30)13-31-4)33-16-32-20-6-7-24-26(12-20)38-15-21-14-35(5)8-9-36(21)24/h6-7,10-13,17,21,32H,4,8-9,14-16H2,1-3,5H3/b23-13+,33-27?. The summed E-state index contributed by atoms with van der Waals surface area (Å²) in [4.78, 5) is 17.1. The van der Waals surface area contributed by atoms with E-state index in [1.807, 2.05) is 43.5 Å². The van der Waals surface area contributed by atoms with Crippen molar-refractivity contribution >= 4 is 34.8 Å². The Hall–Kier alpha value is -3.79. The fraction of sp³-hybridized carbons (Fsp3) is 0.393. The minimum absolute atomic E-state index is 0.0191. The predicted molar refractivity (Wildman–Crippen MR) is 149 cm³/mol. The number of fused-ring (bicyclic) bond motifs is 4. The highest BCUT2D eigenvalue weighted by atomic mass is 19.1. The van der Waals surface area contributed by atoms with Gasteiger partial charge in [0.2, 0.25) is 0 Å². The van der Waals surface area contributed by atoms with Gasteiger partial charge in [-0.25, -0.2) is 13.8 Å². The first kappa shape index (κ1) is 25.8. The Morgan fingerprint density at radius 3 is 2.87 bits per heavy atom. The highest BCUT2D eigenvalue weighted by Crippen LogP contribution is 2.37. The lowest BCUT2D eigenvalue weighted by Gasteiger charge is -2.44. The van der Waals surface area contributed by atoms with E-state index < -0.39 is 11.6 Å². The van der Waals surface area contributed by atoms with Crippen LogP contribution in [0.1, 0.15) is 31.3 Å². The number of anilines is 2. The van der Waals surface area contributed by atoms with Crippen LogP contribution in [0.3, 0.4) is 0 Å². The molecule has 0 radical (unpaired) electrons. The van der Waals surface area contributed by atoms with Gasteiger partial charge in [-0.3, -0.25) is 9.98 Å². The Labute approximate surface area is 221 Å². The molecule has 0 saturated carbocycles. The van der Waals surface area contributed by atoms with Crippen LogP contribution in [-0.4, -0.2) is 72.9 Å². The summed E-state index contributed by atoms with van der Waals surface area (Å²) >= 11 is 0. The number of likely N-dealkylation sites (N-methyl/N-ethyl adjacent to an activating group) is 1. The van der Waals surface area contributed by atoms with Crippen molar-refractivity contribution in [3.63, 3.8) is 0 Å². The molecule has 0 amide bonds. The molecule has 1 unspecified atom stereocenters. The summed E-state index contributed by atoms with van der Waals surface area (Å²) in [6.07, 6.45) is 0.977. The molecular formula is C28H33F2N7O. The van der Waals surface area contributed by atoms with Crippen molar-refractivity contribution in [1.82, 2.24) is 14.5 Å². The van der Waals surface area contributed by atoms with Crippen LogP contribution in [0, 0.1) is 12.7 Å². The number of allylic oxidation sites excluding steroid dienone is 1. The minimum atomic E-state index is -0.706. The number of hydrogen-bond acceptors (Lipinski definition) is 7. The van der Waals surface area contributed by atoms with E-state index in [9.17, 15) is 0 Å². The average Bonchev–Trinajstić information content (AvgIpc) is 3.22. The number of aromatic nitrogens is 2. The largest absolute Gasteiger partial charge is 0.489 e. The number of piperazine rings is 1. The lowest BCUT2D eigenvalue weighted by molar-refractivity contribution is 0.188. The molecule has 5 rings (SSSR count). The smallest absolute Gasteiger partial charge is 0.167 e. The molecule has 0 bridgehead atoms. The van der Waals surface area contributed by atoms with Crippen molar-refractivity contribution in [2.75, 3.05) is 50.2 Å². The van der Waals surface area contributed by atoms with Gasteiger partial charge in [-0.05, 0) is 58.8 Å². The van der Waals surface area contributed by atoms with Gasteiger partial charge < -0.3 is 24.4 Å². The Morgan fingerprint density at radius 2 is 2.11 bits per heavy atom. The molecule has 0 spiro atoms. The molecule has 2 aliphatic rings. The van der Waals surface area contributed by atoms with Gasteiger partial charge in [-0.1, -0.05) is 0 Å².